The third-order valence-corrected chi connectivity index (χ3v) is 10.5. The van der Waals surface area contributed by atoms with Gasteiger partial charge in [-0.3, -0.25) is 0 Å². The molecule has 7 aromatic rings. The van der Waals surface area contributed by atoms with Gasteiger partial charge >= 0.3 is 0 Å². The fourth-order valence-electron chi connectivity index (χ4n) is 8.06. The summed E-state index contributed by atoms with van der Waals surface area (Å²) in [6.07, 6.45) is 5.50. The highest BCUT2D eigenvalue weighted by Crippen LogP contribution is 2.50. The maximum Gasteiger partial charge on any atom is 0.123 e. The zero-order valence-electron chi connectivity index (χ0n) is 26.8. The van der Waals surface area contributed by atoms with E-state index in [4.69, 9.17) is 4.98 Å². The summed E-state index contributed by atoms with van der Waals surface area (Å²) in [5, 5.41) is 12.9. The number of hydrogen-bond donors (Lipinski definition) is 0. The van der Waals surface area contributed by atoms with Gasteiger partial charge in [-0.25, -0.2) is 9.37 Å². The van der Waals surface area contributed by atoms with Gasteiger partial charge < -0.3 is 0 Å². The van der Waals surface area contributed by atoms with Crippen LogP contribution in [-0.2, 0) is 5.41 Å². The zero-order valence-corrected chi connectivity index (χ0v) is 26.8. The molecule has 1 aromatic heterocycles. The van der Waals surface area contributed by atoms with Crippen molar-refractivity contribution in [3.8, 4) is 39.6 Å². The van der Waals surface area contributed by atoms with Gasteiger partial charge in [-0.05, 0) is 105 Å². The number of aromatic nitrogens is 1. The first-order valence-electron chi connectivity index (χ1n) is 16.5. The lowest BCUT2D eigenvalue weighted by molar-refractivity contribution is 0.628. The first-order chi connectivity index (χ1) is 23.4. The van der Waals surface area contributed by atoms with Crippen LogP contribution in [0.25, 0.3) is 61.3 Å². The summed E-state index contributed by atoms with van der Waals surface area (Å²) in [5.41, 5.74) is 14.5. The topological polar surface area (TPSA) is 36.7 Å². The van der Waals surface area contributed by atoms with Crippen molar-refractivity contribution in [2.45, 2.75) is 31.6 Å². The standard InChI is InChI=1S/C45H31FN2/c1-45(2)40-24-27(26-47)10-20-35(40)36-21-17-31(25-41(36)45)28-11-13-29(14-12-28)33-7-5-8-37-34(33)22-23-39-43(37)38-6-3-4-9-42(38)48-44(39)30-15-18-32(46)19-16-30/h3-6,8-25,33H,7H2,1-2H3. The Morgan fingerprint density at radius 3 is 2.23 bits per heavy atom. The first-order valence-corrected chi connectivity index (χ1v) is 16.5. The predicted octanol–water partition coefficient (Wildman–Crippen LogP) is 11.6. The van der Waals surface area contributed by atoms with Crippen LogP contribution in [0.4, 0.5) is 4.39 Å². The number of allylic oxidation sites excluding steroid dienone is 1. The fourth-order valence-corrected chi connectivity index (χ4v) is 8.06. The van der Waals surface area contributed by atoms with Crippen molar-refractivity contribution in [1.29, 1.82) is 5.26 Å². The summed E-state index contributed by atoms with van der Waals surface area (Å²) in [5.74, 6) is -0.0221. The number of nitriles is 1. The van der Waals surface area contributed by atoms with Crippen molar-refractivity contribution < 1.29 is 4.39 Å². The van der Waals surface area contributed by atoms with Gasteiger partial charge in [0.15, 0.2) is 0 Å². The lowest BCUT2D eigenvalue weighted by Crippen LogP contribution is -2.15. The van der Waals surface area contributed by atoms with Gasteiger partial charge in [0.05, 0.1) is 22.8 Å². The average molecular weight is 619 g/mol. The van der Waals surface area contributed by atoms with Crippen LogP contribution in [0.1, 0.15) is 59.6 Å². The van der Waals surface area contributed by atoms with Crippen LogP contribution < -0.4 is 0 Å². The molecule has 2 aliphatic carbocycles. The Kier molecular flexibility index (Phi) is 6.26. The van der Waals surface area contributed by atoms with Crippen molar-refractivity contribution in [1.82, 2.24) is 4.98 Å². The predicted molar refractivity (Wildman–Crippen MR) is 194 cm³/mol. The molecule has 2 aliphatic rings. The number of nitrogens with zero attached hydrogens (tertiary/aromatic N) is 2. The number of benzene rings is 6. The second kappa shape index (κ2) is 10.6. The second-order valence-electron chi connectivity index (χ2n) is 13.5. The Morgan fingerprint density at radius 2 is 1.44 bits per heavy atom. The van der Waals surface area contributed by atoms with Gasteiger partial charge in [0.25, 0.3) is 0 Å². The fraction of sp³-hybridized carbons (Fsp3) is 0.111. The van der Waals surface area contributed by atoms with Crippen molar-refractivity contribution in [3.63, 3.8) is 0 Å². The summed E-state index contributed by atoms with van der Waals surface area (Å²) < 4.78 is 13.8. The zero-order chi connectivity index (χ0) is 32.6. The Morgan fingerprint density at radius 1 is 0.729 bits per heavy atom. The lowest BCUT2D eigenvalue weighted by atomic mass is 9.79. The van der Waals surface area contributed by atoms with E-state index in [0.29, 0.717) is 5.56 Å². The van der Waals surface area contributed by atoms with Crippen LogP contribution in [0.15, 0.2) is 127 Å². The van der Waals surface area contributed by atoms with Gasteiger partial charge in [0.2, 0.25) is 0 Å². The molecule has 0 radical (unpaired) electrons. The molecule has 0 spiro atoms. The summed E-state index contributed by atoms with van der Waals surface area (Å²) in [7, 11) is 0. The molecule has 9 rings (SSSR count). The molecule has 48 heavy (non-hydrogen) atoms. The number of fused-ring (bicyclic) bond motifs is 8. The van der Waals surface area contributed by atoms with Gasteiger partial charge in [0, 0.05) is 33.1 Å². The quantitative estimate of drug-likeness (QED) is 0.185. The van der Waals surface area contributed by atoms with E-state index in [-0.39, 0.29) is 17.2 Å². The maximum atomic E-state index is 13.8. The normalized spacial score (nSPS) is 15.6. The minimum absolute atomic E-state index is 0.176. The Balaban J connectivity index is 1.11. The monoisotopic (exact) mass is 618 g/mol. The number of pyridine rings is 1. The minimum Gasteiger partial charge on any atom is -0.247 e. The average Bonchev–Trinajstić information content (AvgIpc) is 3.36. The van der Waals surface area contributed by atoms with Gasteiger partial charge in [-0.1, -0.05) is 98.8 Å². The molecule has 2 nitrogen and oxygen atoms in total. The summed E-state index contributed by atoms with van der Waals surface area (Å²) >= 11 is 0. The highest BCUT2D eigenvalue weighted by molar-refractivity contribution is 6.15. The van der Waals surface area contributed by atoms with Crippen molar-refractivity contribution in [3.05, 3.63) is 167 Å². The SMILES string of the molecule is CC1(C)c2cc(C#N)ccc2-c2ccc(-c3ccc(C4CC=Cc5c4ccc4c(-c6ccc(F)cc6)nc6ccccc6c54)cc3)cc21. The summed E-state index contributed by atoms with van der Waals surface area (Å²) in [6.45, 7) is 4.51. The Bertz CT molecular complexity index is 2510. The molecule has 3 heteroatoms. The third kappa shape index (κ3) is 4.26. The molecule has 1 unspecified atom stereocenters. The maximum absolute atomic E-state index is 13.8. The number of halogens is 1. The van der Waals surface area contributed by atoms with Crippen LogP contribution in [0, 0.1) is 17.1 Å². The molecule has 0 saturated heterocycles. The van der Waals surface area contributed by atoms with Crippen LogP contribution in [0.2, 0.25) is 0 Å². The molecule has 1 heterocycles. The largest absolute Gasteiger partial charge is 0.247 e. The van der Waals surface area contributed by atoms with Gasteiger partial charge in [-0.15, -0.1) is 0 Å². The van der Waals surface area contributed by atoms with E-state index in [9.17, 15) is 9.65 Å². The summed E-state index contributed by atoms with van der Waals surface area (Å²) in [6, 6.07) is 43.7. The van der Waals surface area contributed by atoms with E-state index < -0.39 is 0 Å². The molecule has 6 aromatic carbocycles. The molecule has 0 saturated carbocycles. The lowest BCUT2D eigenvalue weighted by Gasteiger charge is -2.25. The van der Waals surface area contributed by atoms with Crippen LogP contribution in [0.3, 0.4) is 0 Å². The Hall–Kier alpha value is -5.85. The minimum atomic E-state index is -0.251. The van der Waals surface area contributed by atoms with Gasteiger partial charge in [0.1, 0.15) is 5.82 Å². The summed E-state index contributed by atoms with van der Waals surface area (Å²) in [4.78, 5) is 5.06. The van der Waals surface area contributed by atoms with E-state index in [1.807, 2.05) is 30.3 Å². The van der Waals surface area contributed by atoms with E-state index in [2.05, 4.69) is 111 Å². The number of rotatable bonds is 3. The van der Waals surface area contributed by atoms with E-state index in [0.717, 1.165) is 34.0 Å². The smallest absolute Gasteiger partial charge is 0.123 e. The van der Waals surface area contributed by atoms with Crippen LogP contribution >= 0.6 is 0 Å². The number of para-hydroxylation sites is 1. The number of hydrogen-bond acceptors (Lipinski definition) is 2. The van der Waals surface area contributed by atoms with Crippen LogP contribution in [-0.4, -0.2) is 4.98 Å². The van der Waals surface area contributed by atoms with Crippen molar-refractivity contribution in [2.24, 2.45) is 0 Å². The molecule has 228 valence electrons. The molecule has 0 amide bonds. The molecular weight excluding hydrogens is 588 g/mol. The van der Waals surface area contributed by atoms with E-state index in [1.54, 1.807) is 0 Å². The third-order valence-electron chi connectivity index (χ3n) is 10.5. The van der Waals surface area contributed by atoms with Crippen LogP contribution in [0.5, 0.6) is 0 Å². The Labute approximate surface area is 279 Å². The molecule has 1 atom stereocenters. The molecule has 0 aliphatic heterocycles. The van der Waals surface area contributed by atoms with E-state index in [1.165, 1.54) is 67.6 Å². The molecule has 0 bridgehead atoms. The molecular formula is C45H31FN2. The van der Waals surface area contributed by atoms with E-state index >= 15 is 0 Å². The first kappa shape index (κ1) is 28.4. The molecule has 0 fully saturated rings. The van der Waals surface area contributed by atoms with Gasteiger partial charge in [-0.2, -0.15) is 5.26 Å². The molecule has 0 N–H and O–H groups in total. The highest BCUT2D eigenvalue weighted by atomic mass is 19.1. The van der Waals surface area contributed by atoms with Crippen molar-refractivity contribution >= 4 is 27.8 Å². The van der Waals surface area contributed by atoms with Crippen molar-refractivity contribution in [2.75, 3.05) is 0 Å². The highest BCUT2D eigenvalue weighted by Gasteiger charge is 2.36. The second-order valence-corrected chi connectivity index (χ2v) is 13.5.